The van der Waals surface area contributed by atoms with Gasteiger partial charge in [0.25, 0.3) is 5.91 Å². The van der Waals surface area contributed by atoms with Gasteiger partial charge in [-0.05, 0) is 42.2 Å². The fourth-order valence-corrected chi connectivity index (χ4v) is 3.85. The maximum absolute atomic E-state index is 13.0. The number of thioether (sulfide) groups is 1. The number of nitrogens with zero attached hydrogens (tertiary/aromatic N) is 3. The van der Waals surface area contributed by atoms with Crippen LogP contribution < -0.4 is 0 Å². The molecule has 5 heteroatoms. The van der Waals surface area contributed by atoms with Crippen molar-refractivity contribution in [3.63, 3.8) is 0 Å². The molecule has 1 fully saturated rings. The number of nitriles is 1. The van der Waals surface area contributed by atoms with Crippen LogP contribution in [0.25, 0.3) is 0 Å². The van der Waals surface area contributed by atoms with E-state index in [1.54, 1.807) is 40.9 Å². The van der Waals surface area contributed by atoms with Crippen LogP contribution in [0.2, 0.25) is 0 Å². The molecule has 1 aliphatic heterocycles. The standard InChI is InChI=1S/C21H21N3OS/c1-15(2)18-9-3-4-10-19(18)23-21-24(11-6-12-26-21)20(25)17-8-5-7-16(13-17)14-22/h3-5,7-10,13,15H,6,11-12H2,1-2H3. The number of rotatable bonds is 3. The van der Waals surface area contributed by atoms with Crippen molar-refractivity contribution in [2.24, 2.45) is 4.99 Å². The zero-order chi connectivity index (χ0) is 18.5. The summed E-state index contributed by atoms with van der Waals surface area (Å²) in [4.78, 5) is 19.6. The van der Waals surface area contributed by atoms with Crippen LogP contribution in [0.5, 0.6) is 0 Å². The lowest BCUT2D eigenvalue weighted by atomic mass is 10.0. The molecule has 0 aromatic heterocycles. The number of aliphatic imine (C=N–C) groups is 1. The Morgan fingerprint density at radius 3 is 2.81 bits per heavy atom. The van der Waals surface area contributed by atoms with E-state index in [1.807, 2.05) is 18.2 Å². The van der Waals surface area contributed by atoms with E-state index in [0.717, 1.165) is 23.0 Å². The Labute approximate surface area is 158 Å². The fourth-order valence-electron chi connectivity index (χ4n) is 2.90. The lowest BCUT2D eigenvalue weighted by Gasteiger charge is -2.28. The van der Waals surface area contributed by atoms with Gasteiger partial charge in [0, 0.05) is 17.9 Å². The summed E-state index contributed by atoms with van der Waals surface area (Å²) >= 11 is 1.61. The van der Waals surface area contributed by atoms with E-state index in [-0.39, 0.29) is 5.91 Å². The topological polar surface area (TPSA) is 56.5 Å². The fraction of sp³-hybridized carbons (Fsp3) is 0.286. The predicted molar refractivity (Wildman–Crippen MR) is 107 cm³/mol. The highest BCUT2D eigenvalue weighted by molar-refractivity contribution is 8.13. The van der Waals surface area contributed by atoms with Gasteiger partial charge in [-0.3, -0.25) is 9.69 Å². The second-order valence-corrected chi connectivity index (χ2v) is 7.52. The van der Waals surface area contributed by atoms with Crippen molar-refractivity contribution in [3.8, 4) is 6.07 Å². The van der Waals surface area contributed by atoms with Gasteiger partial charge in [-0.25, -0.2) is 4.99 Å². The molecule has 1 amide bonds. The number of carbonyl (C=O) groups excluding carboxylic acids is 1. The van der Waals surface area contributed by atoms with Crippen molar-refractivity contribution in [2.45, 2.75) is 26.2 Å². The van der Waals surface area contributed by atoms with Crippen LogP contribution in [0.3, 0.4) is 0 Å². The van der Waals surface area contributed by atoms with Crippen molar-refractivity contribution < 1.29 is 4.79 Å². The van der Waals surface area contributed by atoms with Gasteiger partial charge in [0.15, 0.2) is 5.17 Å². The van der Waals surface area contributed by atoms with Crippen LogP contribution in [0.1, 0.15) is 47.7 Å². The van der Waals surface area contributed by atoms with Gasteiger partial charge >= 0.3 is 0 Å². The van der Waals surface area contributed by atoms with Crippen LogP contribution >= 0.6 is 11.8 Å². The molecule has 0 spiro atoms. The lowest BCUT2D eigenvalue weighted by molar-refractivity contribution is 0.0849. The SMILES string of the molecule is CC(C)c1ccccc1N=C1SCCCN1C(=O)c1cccc(C#N)c1. The van der Waals surface area contributed by atoms with E-state index in [9.17, 15) is 4.79 Å². The van der Waals surface area contributed by atoms with Crippen molar-refractivity contribution in [2.75, 3.05) is 12.3 Å². The molecular weight excluding hydrogens is 342 g/mol. The van der Waals surface area contributed by atoms with Gasteiger partial charge in [0.2, 0.25) is 0 Å². The number of hydrogen-bond donors (Lipinski definition) is 0. The number of amidine groups is 1. The number of para-hydroxylation sites is 1. The quantitative estimate of drug-likeness (QED) is 0.775. The zero-order valence-corrected chi connectivity index (χ0v) is 15.8. The minimum absolute atomic E-state index is 0.102. The summed E-state index contributed by atoms with van der Waals surface area (Å²) < 4.78 is 0. The molecule has 132 valence electrons. The van der Waals surface area contributed by atoms with E-state index in [4.69, 9.17) is 10.3 Å². The van der Waals surface area contributed by atoms with Crippen LogP contribution in [-0.2, 0) is 0 Å². The first kappa shape index (κ1) is 18.2. The maximum Gasteiger partial charge on any atom is 0.259 e. The average molecular weight is 363 g/mol. The molecule has 2 aromatic carbocycles. The van der Waals surface area contributed by atoms with Crippen molar-refractivity contribution in [1.82, 2.24) is 4.90 Å². The summed E-state index contributed by atoms with van der Waals surface area (Å²) in [5, 5.41) is 9.81. The monoisotopic (exact) mass is 363 g/mol. The molecule has 0 saturated carbocycles. The molecular formula is C21H21N3OS. The Morgan fingerprint density at radius 2 is 2.04 bits per heavy atom. The van der Waals surface area contributed by atoms with Gasteiger partial charge in [0.1, 0.15) is 0 Å². The molecule has 1 aliphatic rings. The van der Waals surface area contributed by atoms with Crippen molar-refractivity contribution in [3.05, 3.63) is 65.2 Å². The van der Waals surface area contributed by atoms with Crippen LogP contribution in [0.4, 0.5) is 5.69 Å². The first-order chi connectivity index (χ1) is 12.6. The predicted octanol–water partition coefficient (Wildman–Crippen LogP) is 4.95. The second kappa shape index (κ2) is 8.20. The third-order valence-corrected chi connectivity index (χ3v) is 5.31. The number of amides is 1. The molecule has 0 radical (unpaired) electrons. The molecule has 0 N–H and O–H groups in total. The van der Waals surface area contributed by atoms with Crippen molar-refractivity contribution >= 4 is 28.5 Å². The first-order valence-corrected chi connectivity index (χ1v) is 9.71. The smallest absolute Gasteiger partial charge is 0.259 e. The summed E-state index contributed by atoms with van der Waals surface area (Å²) in [6.45, 7) is 4.93. The van der Waals surface area contributed by atoms with E-state index in [0.29, 0.717) is 23.6 Å². The van der Waals surface area contributed by atoms with E-state index in [1.165, 1.54) is 5.56 Å². The van der Waals surface area contributed by atoms with Gasteiger partial charge in [-0.15, -0.1) is 0 Å². The van der Waals surface area contributed by atoms with Crippen LogP contribution in [-0.4, -0.2) is 28.3 Å². The van der Waals surface area contributed by atoms with Gasteiger partial charge in [0.05, 0.1) is 17.3 Å². The van der Waals surface area contributed by atoms with E-state index in [2.05, 4.69) is 26.0 Å². The molecule has 0 atom stereocenters. The Hall–Kier alpha value is -2.58. The van der Waals surface area contributed by atoms with Crippen LogP contribution in [0.15, 0.2) is 53.5 Å². The molecule has 1 heterocycles. The summed E-state index contributed by atoms with van der Waals surface area (Å²) in [5.74, 6) is 1.21. The summed E-state index contributed by atoms with van der Waals surface area (Å²) in [6.07, 6.45) is 0.930. The Kier molecular flexibility index (Phi) is 5.75. The molecule has 0 aliphatic carbocycles. The first-order valence-electron chi connectivity index (χ1n) is 8.72. The third kappa shape index (κ3) is 3.97. The molecule has 1 saturated heterocycles. The van der Waals surface area contributed by atoms with E-state index < -0.39 is 0 Å². The molecule has 0 unspecified atom stereocenters. The number of benzene rings is 2. The largest absolute Gasteiger partial charge is 0.287 e. The molecule has 3 rings (SSSR count). The molecule has 4 nitrogen and oxygen atoms in total. The lowest BCUT2D eigenvalue weighted by Crippen LogP contribution is -2.39. The normalized spacial score (nSPS) is 15.9. The minimum atomic E-state index is -0.102. The summed E-state index contributed by atoms with van der Waals surface area (Å²) in [5.41, 5.74) is 3.10. The third-order valence-electron chi connectivity index (χ3n) is 4.25. The number of hydrogen-bond acceptors (Lipinski definition) is 4. The molecule has 2 aromatic rings. The highest BCUT2D eigenvalue weighted by atomic mass is 32.2. The maximum atomic E-state index is 13.0. The average Bonchev–Trinajstić information content (AvgIpc) is 2.68. The summed E-state index contributed by atoms with van der Waals surface area (Å²) in [7, 11) is 0. The van der Waals surface area contributed by atoms with E-state index >= 15 is 0 Å². The second-order valence-electron chi connectivity index (χ2n) is 6.46. The van der Waals surface area contributed by atoms with Crippen LogP contribution in [0, 0.1) is 11.3 Å². The Balaban J connectivity index is 1.96. The van der Waals surface area contributed by atoms with Gasteiger partial charge in [-0.2, -0.15) is 5.26 Å². The minimum Gasteiger partial charge on any atom is -0.287 e. The Bertz CT molecular complexity index is 883. The zero-order valence-electron chi connectivity index (χ0n) is 15.0. The number of carbonyl (C=O) groups is 1. The molecule has 0 bridgehead atoms. The molecule has 26 heavy (non-hydrogen) atoms. The van der Waals surface area contributed by atoms with Gasteiger partial charge in [-0.1, -0.05) is 49.9 Å². The Morgan fingerprint density at radius 1 is 1.23 bits per heavy atom. The van der Waals surface area contributed by atoms with Gasteiger partial charge < -0.3 is 0 Å². The highest BCUT2D eigenvalue weighted by Crippen LogP contribution is 2.30. The van der Waals surface area contributed by atoms with Crippen molar-refractivity contribution in [1.29, 1.82) is 5.26 Å². The summed E-state index contributed by atoms with van der Waals surface area (Å²) in [6, 6.07) is 17.0. The highest BCUT2D eigenvalue weighted by Gasteiger charge is 2.25.